The summed E-state index contributed by atoms with van der Waals surface area (Å²) in [5.41, 5.74) is 5.26. The summed E-state index contributed by atoms with van der Waals surface area (Å²) in [6, 6.07) is 27.9. The molecule has 1 heterocycles. The monoisotopic (exact) mass is 461 g/mol. The average molecular weight is 462 g/mol. The number of benzene rings is 3. The van der Waals surface area contributed by atoms with Gasteiger partial charge in [0.25, 0.3) is 0 Å². The van der Waals surface area contributed by atoms with Gasteiger partial charge in [0.15, 0.2) is 0 Å². The molecule has 6 heteroatoms. The van der Waals surface area contributed by atoms with E-state index in [0.717, 1.165) is 18.7 Å². The summed E-state index contributed by atoms with van der Waals surface area (Å²) in [5, 5.41) is 14.8. The second-order valence-corrected chi connectivity index (χ2v) is 8.36. The molecule has 1 aliphatic heterocycles. The molecule has 6 nitrogen and oxygen atoms in total. The minimum Gasteiger partial charge on any atom is -0.489 e. The molecular formula is C28H31NO5. The maximum Gasteiger partial charge on any atom is 0.414 e. The summed E-state index contributed by atoms with van der Waals surface area (Å²) in [7, 11) is 0. The molecule has 0 atom stereocenters. The van der Waals surface area contributed by atoms with Gasteiger partial charge in [-0.25, -0.2) is 9.59 Å². The van der Waals surface area contributed by atoms with Crippen LogP contribution in [0.15, 0.2) is 78.9 Å². The van der Waals surface area contributed by atoms with Crippen LogP contribution >= 0.6 is 0 Å². The van der Waals surface area contributed by atoms with Crippen LogP contribution in [-0.2, 0) is 29.2 Å². The van der Waals surface area contributed by atoms with E-state index in [1.807, 2.05) is 0 Å². The second-order valence-electron chi connectivity index (χ2n) is 8.36. The molecule has 1 saturated heterocycles. The number of hydrogen-bond donors (Lipinski definition) is 2. The number of ether oxygens (including phenoxy) is 1. The lowest BCUT2D eigenvalue weighted by atomic mass is 10.1. The van der Waals surface area contributed by atoms with Crippen molar-refractivity contribution in [2.24, 2.45) is 0 Å². The van der Waals surface area contributed by atoms with Crippen LogP contribution in [0.2, 0.25) is 0 Å². The van der Waals surface area contributed by atoms with E-state index in [2.05, 4.69) is 83.8 Å². The highest BCUT2D eigenvalue weighted by atomic mass is 16.5. The number of hydrogen-bond acceptors (Lipinski definition) is 4. The Morgan fingerprint density at radius 3 is 1.79 bits per heavy atom. The Hall–Kier alpha value is -3.64. The molecule has 1 fully saturated rings. The molecule has 178 valence electrons. The van der Waals surface area contributed by atoms with Gasteiger partial charge in [-0.3, -0.25) is 4.90 Å². The van der Waals surface area contributed by atoms with Crippen LogP contribution in [0.5, 0.6) is 5.75 Å². The van der Waals surface area contributed by atoms with Gasteiger partial charge < -0.3 is 14.9 Å². The van der Waals surface area contributed by atoms with Gasteiger partial charge in [-0.05, 0) is 66.7 Å². The number of carboxylic acids is 2. The van der Waals surface area contributed by atoms with Gasteiger partial charge in [0.1, 0.15) is 12.4 Å². The molecule has 0 spiro atoms. The fourth-order valence-corrected chi connectivity index (χ4v) is 3.82. The van der Waals surface area contributed by atoms with E-state index in [0.29, 0.717) is 6.61 Å². The zero-order valence-corrected chi connectivity index (χ0v) is 19.2. The van der Waals surface area contributed by atoms with E-state index in [1.54, 1.807) is 0 Å². The molecule has 2 N–H and O–H groups in total. The van der Waals surface area contributed by atoms with Crippen molar-refractivity contribution in [3.63, 3.8) is 0 Å². The van der Waals surface area contributed by atoms with E-state index >= 15 is 0 Å². The molecule has 0 aromatic heterocycles. The summed E-state index contributed by atoms with van der Waals surface area (Å²) in [5.74, 6) is -2.72. The van der Waals surface area contributed by atoms with Crippen molar-refractivity contribution >= 4 is 11.9 Å². The molecule has 0 amide bonds. The van der Waals surface area contributed by atoms with Gasteiger partial charge >= 0.3 is 11.9 Å². The molecule has 3 aromatic rings. The number of carbonyl (C=O) groups is 2. The van der Waals surface area contributed by atoms with E-state index in [4.69, 9.17) is 24.5 Å². The normalized spacial score (nSPS) is 13.4. The molecule has 0 bridgehead atoms. The largest absolute Gasteiger partial charge is 0.489 e. The standard InChI is InChI=1S/C26H29NO.C2H2O4/c1-3-7-22(8-4-1)19-23-13-15-26(16-14-23)28-21-25-11-9-24(10-12-25)20-27-17-5-2-6-18-27;3-1(4)2(5)6/h1,3-4,7-16H,2,5-6,17-21H2;(H,3,4)(H,5,6). The van der Waals surface area contributed by atoms with E-state index in [1.165, 1.54) is 54.6 Å². The highest BCUT2D eigenvalue weighted by molar-refractivity contribution is 6.27. The van der Waals surface area contributed by atoms with Crippen molar-refractivity contribution in [1.82, 2.24) is 4.90 Å². The Balaban J connectivity index is 0.000000481. The van der Waals surface area contributed by atoms with Gasteiger partial charge in [0.2, 0.25) is 0 Å². The van der Waals surface area contributed by atoms with Crippen LogP contribution < -0.4 is 4.74 Å². The number of piperidine rings is 1. The highest BCUT2D eigenvalue weighted by Gasteiger charge is 2.10. The molecule has 4 rings (SSSR count). The van der Waals surface area contributed by atoms with E-state index in [-0.39, 0.29) is 0 Å². The molecule has 1 aliphatic rings. The van der Waals surface area contributed by atoms with Crippen LogP contribution in [0.25, 0.3) is 0 Å². The lowest BCUT2D eigenvalue weighted by Crippen LogP contribution is -2.29. The van der Waals surface area contributed by atoms with Crippen LogP contribution in [0.3, 0.4) is 0 Å². The van der Waals surface area contributed by atoms with Gasteiger partial charge in [0, 0.05) is 6.54 Å². The number of aliphatic carboxylic acids is 2. The molecule has 0 radical (unpaired) electrons. The van der Waals surface area contributed by atoms with Crippen LogP contribution in [0.1, 0.15) is 41.5 Å². The summed E-state index contributed by atoms with van der Waals surface area (Å²) < 4.78 is 5.98. The summed E-state index contributed by atoms with van der Waals surface area (Å²) in [6.45, 7) is 4.17. The van der Waals surface area contributed by atoms with Crippen molar-refractivity contribution in [1.29, 1.82) is 0 Å². The Kier molecular flexibility index (Phi) is 9.67. The predicted molar refractivity (Wildman–Crippen MR) is 131 cm³/mol. The first-order chi connectivity index (χ1) is 16.5. The van der Waals surface area contributed by atoms with Gasteiger partial charge in [-0.1, -0.05) is 73.2 Å². The highest BCUT2D eigenvalue weighted by Crippen LogP contribution is 2.18. The van der Waals surface area contributed by atoms with E-state index in [9.17, 15) is 0 Å². The van der Waals surface area contributed by atoms with Crippen LogP contribution in [0, 0.1) is 0 Å². The Labute approximate surface area is 200 Å². The van der Waals surface area contributed by atoms with E-state index < -0.39 is 11.9 Å². The minimum atomic E-state index is -1.82. The summed E-state index contributed by atoms with van der Waals surface area (Å²) in [4.78, 5) is 20.8. The predicted octanol–water partition coefficient (Wildman–Crippen LogP) is 5.00. The first kappa shape index (κ1) is 25.0. The van der Waals surface area contributed by atoms with Gasteiger partial charge in [0.05, 0.1) is 0 Å². The van der Waals surface area contributed by atoms with Crippen LogP contribution in [-0.4, -0.2) is 40.1 Å². The fourth-order valence-electron chi connectivity index (χ4n) is 3.82. The van der Waals surface area contributed by atoms with Crippen molar-refractivity contribution in [2.75, 3.05) is 13.1 Å². The molecular weight excluding hydrogens is 430 g/mol. The lowest BCUT2D eigenvalue weighted by molar-refractivity contribution is -0.159. The third-order valence-corrected chi connectivity index (χ3v) is 5.64. The minimum absolute atomic E-state index is 0.613. The number of nitrogens with zero attached hydrogens (tertiary/aromatic N) is 1. The molecule has 3 aromatic carbocycles. The maximum atomic E-state index is 9.10. The topological polar surface area (TPSA) is 87.1 Å². The average Bonchev–Trinajstić information content (AvgIpc) is 2.86. The first-order valence-electron chi connectivity index (χ1n) is 11.5. The van der Waals surface area contributed by atoms with Crippen LogP contribution in [0.4, 0.5) is 0 Å². The van der Waals surface area contributed by atoms with Gasteiger partial charge in [-0.15, -0.1) is 0 Å². The molecule has 34 heavy (non-hydrogen) atoms. The zero-order chi connectivity index (χ0) is 24.2. The molecule has 0 unspecified atom stereocenters. The molecule has 0 aliphatic carbocycles. The number of rotatable bonds is 7. The third-order valence-electron chi connectivity index (χ3n) is 5.64. The number of likely N-dealkylation sites (tertiary alicyclic amines) is 1. The van der Waals surface area contributed by atoms with Crippen molar-refractivity contribution in [2.45, 2.75) is 38.8 Å². The van der Waals surface area contributed by atoms with Crippen molar-refractivity contribution in [3.8, 4) is 5.75 Å². The lowest BCUT2D eigenvalue weighted by Gasteiger charge is -2.26. The Morgan fingerprint density at radius 2 is 1.21 bits per heavy atom. The second kappa shape index (κ2) is 13.2. The van der Waals surface area contributed by atoms with Crippen molar-refractivity contribution < 1.29 is 24.5 Å². The van der Waals surface area contributed by atoms with Crippen molar-refractivity contribution in [3.05, 3.63) is 101 Å². The van der Waals surface area contributed by atoms with Gasteiger partial charge in [-0.2, -0.15) is 0 Å². The SMILES string of the molecule is O=C(O)C(=O)O.c1ccc(Cc2ccc(OCc3ccc(CN4CCCCC4)cc3)cc2)cc1. The Morgan fingerprint density at radius 1 is 0.676 bits per heavy atom. The molecule has 0 saturated carbocycles. The summed E-state index contributed by atoms with van der Waals surface area (Å²) in [6.07, 6.45) is 5.03. The summed E-state index contributed by atoms with van der Waals surface area (Å²) >= 11 is 0. The first-order valence-corrected chi connectivity index (χ1v) is 11.5. The third kappa shape index (κ3) is 8.71. The zero-order valence-electron chi connectivity index (χ0n) is 19.2. The Bertz CT molecular complexity index is 1010. The fraction of sp³-hybridized carbons (Fsp3) is 0.286. The smallest absolute Gasteiger partial charge is 0.414 e. The quantitative estimate of drug-likeness (QED) is 0.482. The maximum absolute atomic E-state index is 9.10. The number of carboxylic acid groups (broad SMARTS) is 2.